The van der Waals surface area contributed by atoms with Crippen LogP contribution in [0.1, 0.15) is 5.56 Å². The summed E-state index contributed by atoms with van der Waals surface area (Å²) in [5.74, 6) is -0.501. The Hall–Kier alpha value is -1.23. The first-order valence-electron chi connectivity index (χ1n) is 3.36. The molecule has 0 aliphatic carbocycles. The van der Waals surface area contributed by atoms with Gasteiger partial charge < -0.3 is 0 Å². The van der Waals surface area contributed by atoms with Crippen LogP contribution in [0, 0.1) is 5.82 Å². The van der Waals surface area contributed by atoms with Crippen LogP contribution in [0.25, 0.3) is 6.08 Å². The molecule has 0 unspecified atom stereocenters. The quantitative estimate of drug-likeness (QED) is 0.691. The molecule has 1 aromatic carbocycles. The van der Waals surface area contributed by atoms with Crippen LogP contribution in [0.15, 0.2) is 29.7 Å². The van der Waals surface area contributed by atoms with Gasteiger partial charge in [-0.25, -0.2) is 4.39 Å². The van der Waals surface area contributed by atoms with Crippen molar-refractivity contribution in [1.82, 2.24) is 0 Å². The Morgan fingerprint density at radius 2 is 2.00 bits per heavy atom. The molecule has 13 heavy (non-hydrogen) atoms. The standard InChI is InChI=1S/C8H6F2O2S/c9-8-3-1-2-7(6-8)4-5-13(10,11)12/h1-6H. The lowest BCUT2D eigenvalue weighted by Gasteiger charge is -1.91. The summed E-state index contributed by atoms with van der Waals surface area (Å²) >= 11 is 0. The molecule has 0 heterocycles. The molecule has 0 aliphatic heterocycles. The van der Waals surface area contributed by atoms with Crippen LogP contribution in [0.5, 0.6) is 0 Å². The van der Waals surface area contributed by atoms with Gasteiger partial charge in [0, 0.05) is 0 Å². The molecular weight excluding hydrogens is 198 g/mol. The van der Waals surface area contributed by atoms with Gasteiger partial charge in [0.15, 0.2) is 0 Å². The number of benzene rings is 1. The fraction of sp³-hybridized carbons (Fsp3) is 0. The number of hydrogen-bond donors (Lipinski definition) is 0. The summed E-state index contributed by atoms with van der Waals surface area (Å²) in [5.41, 5.74) is 0.293. The minimum atomic E-state index is -4.64. The predicted molar refractivity (Wildman–Crippen MR) is 45.5 cm³/mol. The molecule has 0 atom stereocenters. The molecule has 70 valence electrons. The molecule has 5 heteroatoms. The van der Waals surface area contributed by atoms with Gasteiger partial charge in [0.2, 0.25) is 0 Å². The van der Waals surface area contributed by atoms with E-state index in [0.29, 0.717) is 11.0 Å². The van der Waals surface area contributed by atoms with E-state index in [2.05, 4.69) is 0 Å². The van der Waals surface area contributed by atoms with E-state index in [4.69, 9.17) is 0 Å². The van der Waals surface area contributed by atoms with Gasteiger partial charge in [-0.2, -0.15) is 8.42 Å². The van der Waals surface area contributed by atoms with Gasteiger partial charge in [-0.1, -0.05) is 12.1 Å². The highest BCUT2D eigenvalue weighted by molar-refractivity contribution is 7.89. The SMILES string of the molecule is O=S(=O)(F)C=Cc1cccc(F)c1. The molecule has 1 rings (SSSR count). The Morgan fingerprint density at radius 1 is 1.31 bits per heavy atom. The molecule has 0 aliphatic rings. The molecule has 0 radical (unpaired) electrons. The topological polar surface area (TPSA) is 34.1 Å². The summed E-state index contributed by atoms with van der Waals surface area (Å²) in [5, 5.41) is 0.377. The largest absolute Gasteiger partial charge is 0.325 e. The zero-order valence-corrected chi connectivity index (χ0v) is 7.26. The van der Waals surface area contributed by atoms with Crippen LogP contribution in [-0.4, -0.2) is 8.42 Å². The van der Waals surface area contributed by atoms with E-state index in [0.717, 1.165) is 12.1 Å². The Balaban J connectivity index is 2.93. The summed E-state index contributed by atoms with van der Waals surface area (Å²) < 4.78 is 44.6. The molecule has 0 amide bonds. The van der Waals surface area contributed by atoms with Crippen molar-refractivity contribution < 1.29 is 16.7 Å². The Kier molecular flexibility index (Phi) is 2.77. The average molecular weight is 204 g/mol. The van der Waals surface area contributed by atoms with Gasteiger partial charge in [-0.15, -0.1) is 3.89 Å². The summed E-state index contributed by atoms with van der Waals surface area (Å²) in [4.78, 5) is 0. The van der Waals surface area contributed by atoms with Crippen molar-refractivity contribution in [3.8, 4) is 0 Å². The molecule has 0 spiro atoms. The summed E-state index contributed by atoms with van der Waals surface area (Å²) in [6.45, 7) is 0. The molecule has 1 aromatic rings. The van der Waals surface area contributed by atoms with Gasteiger partial charge in [0.1, 0.15) is 5.82 Å². The number of hydrogen-bond acceptors (Lipinski definition) is 2. The van der Waals surface area contributed by atoms with Gasteiger partial charge in [0.05, 0.1) is 5.41 Å². The van der Waals surface area contributed by atoms with Crippen molar-refractivity contribution >= 4 is 16.3 Å². The lowest BCUT2D eigenvalue weighted by molar-refractivity contribution is 0.563. The van der Waals surface area contributed by atoms with Crippen LogP contribution >= 0.6 is 0 Å². The lowest BCUT2D eigenvalue weighted by Crippen LogP contribution is -1.81. The Bertz CT molecular complexity index is 424. The molecular formula is C8H6F2O2S. The van der Waals surface area contributed by atoms with Crippen molar-refractivity contribution in [1.29, 1.82) is 0 Å². The van der Waals surface area contributed by atoms with Crippen LogP contribution in [0.4, 0.5) is 8.28 Å². The van der Waals surface area contributed by atoms with E-state index in [1.807, 2.05) is 0 Å². The molecule has 0 saturated heterocycles. The van der Waals surface area contributed by atoms with E-state index in [9.17, 15) is 16.7 Å². The third-order valence-corrected chi connectivity index (χ3v) is 1.73. The smallest absolute Gasteiger partial charge is 0.207 e. The lowest BCUT2D eigenvalue weighted by atomic mass is 10.2. The minimum absolute atomic E-state index is 0.293. The van der Waals surface area contributed by atoms with E-state index in [1.54, 1.807) is 0 Å². The molecule has 2 nitrogen and oxygen atoms in total. The zero-order chi connectivity index (χ0) is 9.90. The van der Waals surface area contributed by atoms with Crippen LogP contribution in [0.2, 0.25) is 0 Å². The van der Waals surface area contributed by atoms with Crippen molar-refractivity contribution in [3.05, 3.63) is 41.1 Å². The third-order valence-electron chi connectivity index (χ3n) is 1.27. The first-order chi connectivity index (χ1) is 5.97. The summed E-state index contributed by atoms with van der Waals surface area (Å²) in [6.07, 6.45) is 0.985. The highest BCUT2D eigenvalue weighted by atomic mass is 32.3. The van der Waals surface area contributed by atoms with Crippen LogP contribution in [0.3, 0.4) is 0 Å². The van der Waals surface area contributed by atoms with Crippen molar-refractivity contribution in [2.75, 3.05) is 0 Å². The molecule has 0 bridgehead atoms. The summed E-state index contributed by atoms with van der Waals surface area (Å²) in [7, 11) is -4.64. The zero-order valence-electron chi connectivity index (χ0n) is 6.44. The molecule has 0 saturated carbocycles. The van der Waals surface area contributed by atoms with Crippen LogP contribution < -0.4 is 0 Å². The van der Waals surface area contributed by atoms with E-state index in [1.165, 1.54) is 18.2 Å². The van der Waals surface area contributed by atoms with Crippen LogP contribution in [-0.2, 0) is 10.2 Å². The van der Waals surface area contributed by atoms with Crippen molar-refractivity contribution in [2.24, 2.45) is 0 Å². The van der Waals surface area contributed by atoms with Gasteiger partial charge >= 0.3 is 10.2 Å². The second kappa shape index (κ2) is 3.66. The predicted octanol–water partition coefficient (Wildman–Crippen LogP) is 2.10. The monoisotopic (exact) mass is 204 g/mol. The maximum Gasteiger partial charge on any atom is 0.325 e. The Labute approximate surface area is 74.7 Å². The number of halogens is 2. The van der Waals surface area contributed by atoms with Crippen molar-refractivity contribution in [3.63, 3.8) is 0 Å². The minimum Gasteiger partial charge on any atom is -0.207 e. The highest BCUT2D eigenvalue weighted by Crippen LogP contribution is 2.07. The first-order valence-corrected chi connectivity index (χ1v) is 4.80. The van der Waals surface area contributed by atoms with Gasteiger partial charge in [-0.05, 0) is 23.8 Å². The second-order valence-corrected chi connectivity index (χ2v) is 3.56. The van der Waals surface area contributed by atoms with Gasteiger partial charge in [0.25, 0.3) is 0 Å². The second-order valence-electron chi connectivity index (χ2n) is 2.33. The van der Waals surface area contributed by atoms with E-state index < -0.39 is 16.0 Å². The van der Waals surface area contributed by atoms with Gasteiger partial charge in [-0.3, -0.25) is 0 Å². The fourth-order valence-electron chi connectivity index (χ4n) is 0.770. The summed E-state index contributed by atoms with van der Waals surface area (Å²) in [6, 6.07) is 5.17. The number of rotatable bonds is 2. The van der Waals surface area contributed by atoms with Crippen molar-refractivity contribution in [2.45, 2.75) is 0 Å². The fourth-order valence-corrected chi connectivity index (χ4v) is 1.09. The molecule has 0 N–H and O–H groups in total. The van der Waals surface area contributed by atoms with E-state index >= 15 is 0 Å². The maximum absolute atomic E-state index is 12.5. The molecule has 0 fully saturated rings. The first kappa shape index (κ1) is 9.85. The third kappa shape index (κ3) is 3.80. The Morgan fingerprint density at radius 3 is 2.54 bits per heavy atom. The molecule has 0 aromatic heterocycles. The average Bonchev–Trinajstić information content (AvgIpc) is 2.00. The van der Waals surface area contributed by atoms with E-state index in [-0.39, 0.29) is 0 Å². The highest BCUT2D eigenvalue weighted by Gasteiger charge is 1.98. The normalized spacial score (nSPS) is 12.2. The maximum atomic E-state index is 12.5.